The van der Waals surface area contributed by atoms with E-state index in [4.69, 9.17) is 34.8 Å². The van der Waals surface area contributed by atoms with Crippen LogP contribution in [0.15, 0.2) is 30.3 Å². The van der Waals surface area contributed by atoms with E-state index in [0.29, 0.717) is 5.56 Å². The quantitative estimate of drug-likeness (QED) is 0.611. The number of aliphatic carboxylic acids is 3. The van der Waals surface area contributed by atoms with Crippen LogP contribution in [0.4, 0.5) is 0 Å². The number of benzene rings is 1. The van der Waals surface area contributed by atoms with Crippen molar-refractivity contribution in [3.05, 3.63) is 35.9 Å². The molecule has 0 unspecified atom stereocenters. The first-order chi connectivity index (χ1) is 9.50. The van der Waals surface area contributed by atoms with E-state index in [2.05, 4.69) is 0 Å². The topological polar surface area (TPSA) is 149 Å². The molecule has 1 aromatic rings. The summed E-state index contributed by atoms with van der Waals surface area (Å²) in [4.78, 5) is 37.2. The summed E-state index contributed by atoms with van der Waals surface area (Å²) >= 11 is 0. The van der Waals surface area contributed by atoms with Crippen LogP contribution in [0.2, 0.25) is 0 Å². The highest BCUT2D eigenvalue weighted by Crippen LogP contribution is 1.96. The third kappa shape index (κ3) is 47.1. The van der Waals surface area contributed by atoms with Crippen molar-refractivity contribution in [2.45, 2.75) is 20.8 Å². The molecular weight excluding hydrogens is 284 g/mol. The lowest BCUT2D eigenvalue weighted by Gasteiger charge is -1.88. The largest absolute Gasteiger partial charge is 0.481 e. The number of hydrogen-bond donors (Lipinski definition) is 4. The standard InChI is InChI=1S/C7H6O2.3C2H4O2/c8-7(9)6-4-2-1-3-5-6;3*1-2(3)4/h1-5H,(H,8,9);3*1H3,(H,3,4). The zero-order chi connectivity index (χ0) is 17.4. The molecule has 0 spiro atoms. The van der Waals surface area contributed by atoms with Crippen molar-refractivity contribution >= 4 is 23.9 Å². The number of hydrogen-bond acceptors (Lipinski definition) is 4. The normalized spacial score (nSPS) is 7.38. The molecule has 0 bridgehead atoms. The number of aromatic carboxylic acids is 1. The molecular formula is C13H18O8. The van der Waals surface area contributed by atoms with Gasteiger partial charge in [-0.25, -0.2) is 4.79 Å². The Kier molecular flexibility index (Phi) is 16.8. The summed E-state index contributed by atoms with van der Waals surface area (Å²) in [5.41, 5.74) is 0.331. The molecule has 0 aromatic heterocycles. The van der Waals surface area contributed by atoms with Crippen LogP contribution in [0.5, 0.6) is 0 Å². The molecule has 0 atom stereocenters. The van der Waals surface area contributed by atoms with Crippen molar-refractivity contribution in [1.29, 1.82) is 0 Å². The first kappa shape index (κ1) is 23.2. The lowest BCUT2D eigenvalue weighted by Crippen LogP contribution is -1.93. The second-order valence-electron chi connectivity index (χ2n) is 3.23. The Bertz CT molecular complexity index is 398. The highest BCUT2D eigenvalue weighted by Gasteiger charge is 1.96. The van der Waals surface area contributed by atoms with Gasteiger partial charge < -0.3 is 20.4 Å². The summed E-state index contributed by atoms with van der Waals surface area (Å²) in [5.74, 6) is -3.38. The Balaban J connectivity index is -0.000000230. The number of carbonyl (C=O) groups is 4. The van der Waals surface area contributed by atoms with E-state index in [0.717, 1.165) is 20.8 Å². The van der Waals surface area contributed by atoms with Crippen LogP contribution in [-0.4, -0.2) is 44.3 Å². The van der Waals surface area contributed by atoms with Crippen molar-refractivity contribution in [3.8, 4) is 0 Å². The van der Waals surface area contributed by atoms with Gasteiger partial charge in [-0.2, -0.15) is 0 Å². The van der Waals surface area contributed by atoms with Gasteiger partial charge in [-0.15, -0.1) is 0 Å². The average Bonchev–Trinajstić information content (AvgIpc) is 2.27. The Labute approximate surface area is 121 Å². The van der Waals surface area contributed by atoms with E-state index in [1.54, 1.807) is 30.3 Å². The van der Waals surface area contributed by atoms with Gasteiger partial charge in [0.15, 0.2) is 0 Å². The van der Waals surface area contributed by atoms with E-state index in [1.165, 1.54) is 0 Å². The fraction of sp³-hybridized carbons (Fsp3) is 0.231. The van der Waals surface area contributed by atoms with Gasteiger partial charge in [0.05, 0.1) is 5.56 Å². The van der Waals surface area contributed by atoms with E-state index in [1.807, 2.05) is 0 Å². The summed E-state index contributed by atoms with van der Waals surface area (Å²) < 4.78 is 0. The van der Waals surface area contributed by atoms with Gasteiger partial charge >= 0.3 is 5.97 Å². The molecule has 8 heteroatoms. The highest BCUT2D eigenvalue weighted by atomic mass is 16.4. The molecule has 1 rings (SSSR count). The predicted molar refractivity (Wildman–Crippen MR) is 73.3 cm³/mol. The van der Waals surface area contributed by atoms with Gasteiger partial charge in [0.25, 0.3) is 17.9 Å². The van der Waals surface area contributed by atoms with Gasteiger partial charge in [0, 0.05) is 20.8 Å². The lowest BCUT2D eigenvalue weighted by atomic mass is 10.2. The third-order valence-corrected chi connectivity index (χ3v) is 1.02. The van der Waals surface area contributed by atoms with Crippen LogP contribution in [0.25, 0.3) is 0 Å². The first-order valence-corrected chi connectivity index (χ1v) is 5.37. The van der Waals surface area contributed by atoms with Crippen molar-refractivity contribution in [2.75, 3.05) is 0 Å². The molecule has 4 N–H and O–H groups in total. The molecule has 0 aliphatic carbocycles. The summed E-state index contributed by atoms with van der Waals surface area (Å²) in [7, 11) is 0. The molecule has 21 heavy (non-hydrogen) atoms. The Hall–Kier alpha value is -2.90. The van der Waals surface area contributed by atoms with Gasteiger partial charge in [0.2, 0.25) is 0 Å². The Morgan fingerprint density at radius 2 is 0.905 bits per heavy atom. The van der Waals surface area contributed by atoms with Crippen LogP contribution < -0.4 is 0 Å². The molecule has 0 saturated heterocycles. The summed E-state index contributed by atoms with van der Waals surface area (Å²) in [5, 5.41) is 30.6. The fourth-order valence-electron chi connectivity index (χ4n) is 0.581. The number of rotatable bonds is 1. The molecule has 0 aliphatic heterocycles. The molecule has 0 aliphatic rings. The van der Waals surface area contributed by atoms with Crippen LogP contribution in [-0.2, 0) is 14.4 Å². The zero-order valence-electron chi connectivity index (χ0n) is 11.8. The van der Waals surface area contributed by atoms with Gasteiger partial charge in [-0.3, -0.25) is 14.4 Å². The Morgan fingerprint density at radius 3 is 1.05 bits per heavy atom. The maximum Gasteiger partial charge on any atom is 0.335 e. The van der Waals surface area contributed by atoms with Crippen LogP contribution in [0.1, 0.15) is 31.1 Å². The second kappa shape index (κ2) is 15.2. The van der Waals surface area contributed by atoms with Gasteiger partial charge in [-0.05, 0) is 12.1 Å². The number of carboxylic acids is 4. The summed E-state index contributed by atoms with van der Waals surface area (Å²) in [6, 6.07) is 8.30. The molecule has 1 aromatic carbocycles. The monoisotopic (exact) mass is 302 g/mol. The summed E-state index contributed by atoms with van der Waals surface area (Å²) in [6.07, 6.45) is 0. The third-order valence-electron chi connectivity index (χ3n) is 1.02. The smallest absolute Gasteiger partial charge is 0.335 e. The maximum absolute atomic E-state index is 10.2. The van der Waals surface area contributed by atoms with E-state index < -0.39 is 23.9 Å². The molecule has 118 valence electrons. The first-order valence-electron chi connectivity index (χ1n) is 5.37. The molecule has 8 nitrogen and oxygen atoms in total. The van der Waals surface area contributed by atoms with Crippen LogP contribution in [0, 0.1) is 0 Å². The molecule has 0 fully saturated rings. The zero-order valence-corrected chi connectivity index (χ0v) is 11.8. The van der Waals surface area contributed by atoms with E-state index >= 15 is 0 Å². The predicted octanol–water partition coefficient (Wildman–Crippen LogP) is 1.66. The maximum atomic E-state index is 10.2. The minimum absolute atomic E-state index is 0.331. The van der Waals surface area contributed by atoms with Crippen molar-refractivity contribution in [1.82, 2.24) is 0 Å². The van der Waals surface area contributed by atoms with Crippen molar-refractivity contribution < 1.29 is 39.6 Å². The van der Waals surface area contributed by atoms with E-state index in [-0.39, 0.29) is 0 Å². The fourth-order valence-corrected chi connectivity index (χ4v) is 0.581. The average molecular weight is 302 g/mol. The SMILES string of the molecule is CC(=O)O.CC(=O)O.CC(=O)O.O=C(O)c1ccccc1. The summed E-state index contributed by atoms with van der Waals surface area (Å²) in [6.45, 7) is 3.25. The molecule has 0 radical (unpaired) electrons. The van der Waals surface area contributed by atoms with Crippen molar-refractivity contribution in [2.24, 2.45) is 0 Å². The minimum atomic E-state index is -0.879. The number of carboxylic acid groups (broad SMARTS) is 4. The Morgan fingerprint density at radius 1 is 0.667 bits per heavy atom. The highest BCUT2D eigenvalue weighted by molar-refractivity contribution is 5.87. The van der Waals surface area contributed by atoms with Crippen LogP contribution >= 0.6 is 0 Å². The van der Waals surface area contributed by atoms with E-state index in [9.17, 15) is 4.79 Å². The molecule has 0 heterocycles. The van der Waals surface area contributed by atoms with Gasteiger partial charge in [-0.1, -0.05) is 18.2 Å². The minimum Gasteiger partial charge on any atom is -0.481 e. The molecule has 0 amide bonds. The van der Waals surface area contributed by atoms with Crippen LogP contribution in [0.3, 0.4) is 0 Å². The van der Waals surface area contributed by atoms with Gasteiger partial charge in [0.1, 0.15) is 0 Å². The molecule has 0 saturated carbocycles. The lowest BCUT2D eigenvalue weighted by molar-refractivity contribution is -0.135. The van der Waals surface area contributed by atoms with Crippen molar-refractivity contribution in [3.63, 3.8) is 0 Å². The second-order valence-corrected chi connectivity index (χ2v) is 3.23.